The van der Waals surface area contributed by atoms with Crippen LogP contribution in [0.1, 0.15) is 38.5 Å². The first-order valence-electron chi connectivity index (χ1n) is 6.17. The van der Waals surface area contributed by atoms with Gasteiger partial charge in [-0.2, -0.15) is 0 Å². The maximum atomic E-state index is 11.4. The molecule has 0 heterocycles. The van der Waals surface area contributed by atoms with Crippen molar-refractivity contribution in [3.63, 3.8) is 0 Å². The van der Waals surface area contributed by atoms with Crippen LogP contribution < -0.4 is 5.73 Å². The zero-order valence-corrected chi connectivity index (χ0v) is 9.45. The van der Waals surface area contributed by atoms with E-state index in [1.807, 2.05) is 0 Å². The van der Waals surface area contributed by atoms with E-state index in [1.165, 1.54) is 6.42 Å². The van der Waals surface area contributed by atoms with Gasteiger partial charge in [0, 0.05) is 6.42 Å². The average molecular weight is 225 g/mol. The average Bonchev–Trinajstić information content (AvgIpc) is 2.12. The first kappa shape index (κ1) is 10.5. The number of carbonyl (C=O) groups is 1. The van der Waals surface area contributed by atoms with Gasteiger partial charge in [0.1, 0.15) is 5.60 Å². The molecule has 0 aliphatic heterocycles. The third kappa shape index (κ3) is 1.55. The Balaban J connectivity index is 1.83. The quantitative estimate of drug-likeness (QED) is 0.674. The van der Waals surface area contributed by atoms with Crippen molar-refractivity contribution in [2.45, 2.75) is 49.7 Å². The van der Waals surface area contributed by atoms with Gasteiger partial charge >= 0.3 is 5.97 Å². The summed E-state index contributed by atoms with van der Waals surface area (Å²) in [5.74, 6) is 0.749. The Labute approximate surface area is 95.1 Å². The number of esters is 1. The number of aliphatic hydroxyl groups is 1. The van der Waals surface area contributed by atoms with Gasteiger partial charge in [-0.25, -0.2) is 0 Å². The molecule has 4 bridgehead atoms. The summed E-state index contributed by atoms with van der Waals surface area (Å²) in [4.78, 5) is 11.4. The molecule has 4 nitrogen and oxygen atoms in total. The maximum absolute atomic E-state index is 11.4. The zero-order chi connectivity index (χ0) is 11.4. The Hall–Kier alpha value is -0.610. The second-order valence-electron chi connectivity index (χ2n) is 6.05. The van der Waals surface area contributed by atoms with Gasteiger partial charge in [-0.1, -0.05) is 0 Å². The van der Waals surface area contributed by atoms with E-state index < -0.39 is 11.2 Å². The smallest absolute Gasteiger partial charge is 0.320 e. The fourth-order valence-corrected chi connectivity index (χ4v) is 4.53. The molecule has 2 unspecified atom stereocenters. The van der Waals surface area contributed by atoms with E-state index in [0.29, 0.717) is 18.3 Å². The Morgan fingerprint density at radius 1 is 1.31 bits per heavy atom. The molecule has 90 valence electrons. The number of ether oxygens (including phenoxy) is 1. The summed E-state index contributed by atoms with van der Waals surface area (Å²) in [7, 11) is 0. The molecule has 0 aromatic rings. The lowest BCUT2D eigenvalue weighted by Crippen LogP contribution is -2.60. The Morgan fingerprint density at radius 3 is 2.44 bits per heavy atom. The van der Waals surface area contributed by atoms with Crippen molar-refractivity contribution in [1.82, 2.24) is 0 Å². The van der Waals surface area contributed by atoms with Gasteiger partial charge in [0.05, 0.1) is 12.1 Å². The highest BCUT2D eigenvalue weighted by Crippen LogP contribution is 2.58. The van der Waals surface area contributed by atoms with E-state index in [2.05, 4.69) is 0 Å². The molecule has 4 heteroatoms. The van der Waals surface area contributed by atoms with E-state index in [-0.39, 0.29) is 12.5 Å². The third-order valence-electron chi connectivity index (χ3n) is 4.47. The molecule has 16 heavy (non-hydrogen) atoms. The predicted molar refractivity (Wildman–Crippen MR) is 57.5 cm³/mol. The molecule has 4 aliphatic carbocycles. The number of rotatable bonds is 2. The third-order valence-corrected chi connectivity index (χ3v) is 4.47. The van der Waals surface area contributed by atoms with Crippen LogP contribution in [0.4, 0.5) is 0 Å². The van der Waals surface area contributed by atoms with Gasteiger partial charge in [-0.3, -0.25) is 4.79 Å². The van der Waals surface area contributed by atoms with Gasteiger partial charge in [-0.15, -0.1) is 0 Å². The number of nitrogens with two attached hydrogens (primary N) is 1. The van der Waals surface area contributed by atoms with Gasteiger partial charge in [0.25, 0.3) is 0 Å². The van der Waals surface area contributed by atoms with Crippen LogP contribution in [-0.4, -0.2) is 28.8 Å². The van der Waals surface area contributed by atoms with Crippen LogP contribution >= 0.6 is 0 Å². The van der Waals surface area contributed by atoms with Crippen molar-refractivity contribution in [2.75, 3.05) is 6.54 Å². The summed E-state index contributed by atoms with van der Waals surface area (Å²) in [6.07, 6.45) is 5.47. The molecule has 3 N–H and O–H groups in total. The van der Waals surface area contributed by atoms with Gasteiger partial charge in [0.15, 0.2) is 0 Å². The lowest BCUT2D eigenvalue weighted by Gasteiger charge is -2.59. The van der Waals surface area contributed by atoms with Crippen molar-refractivity contribution in [3.05, 3.63) is 0 Å². The van der Waals surface area contributed by atoms with Crippen LogP contribution in [0.3, 0.4) is 0 Å². The van der Waals surface area contributed by atoms with Crippen LogP contribution in [0.25, 0.3) is 0 Å². The van der Waals surface area contributed by atoms with Gasteiger partial charge in [0.2, 0.25) is 0 Å². The summed E-state index contributed by atoms with van der Waals surface area (Å²) < 4.78 is 5.54. The summed E-state index contributed by atoms with van der Waals surface area (Å²) in [5, 5.41) is 10.4. The van der Waals surface area contributed by atoms with Crippen LogP contribution in [0.2, 0.25) is 0 Å². The molecule has 4 saturated carbocycles. The lowest BCUT2D eigenvalue weighted by molar-refractivity contribution is -0.218. The molecule has 4 rings (SSSR count). The van der Waals surface area contributed by atoms with Gasteiger partial charge < -0.3 is 15.6 Å². The molecule has 4 aliphatic rings. The summed E-state index contributed by atoms with van der Waals surface area (Å²) in [6.45, 7) is -0.0600. The van der Waals surface area contributed by atoms with E-state index >= 15 is 0 Å². The Kier molecular flexibility index (Phi) is 2.11. The molecule has 0 spiro atoms. The van der Waals surface area contributed by atoms with Gasteiger partial charge in [-0.05, 0) is 43.9 Å². The largest absolute Gasteiger partial charge is 0.458 e. The first-order valence-corrected chi connectivity index (χ1v) is 6.17. The molecule has 0 radical (unpaired) electrons. The summed E-state index contributed by atoms with van der Waals surface area (Å²) >= 11 is 0. The summed E-state index contributed by atoms with van der Waals surface area (Å²) in [6, 6.07) is 0. The highest BCUT2D eigenvalue weighted by atomic mass is 16.6. The highest BCUT2D eigenvalue weighted by molar-refractivity contribution is 5.72. The minimum atomic E-state index is -0.570. The first-order chi connectivity index (χ1) is 7.53. The molecular formula is C12H19NO3. The highest BCUT2D eigenvalue weighted by Gasteiger charge is 2.59. The fraction of sp³-hybridized carbons (Fsp3) is 0.917. The van der Waals surface area contributed by atoms with Crippen LogP contribution in [0, 0.1) is 11.8 Å². The molecule has 0 aromatic carbocycles. The Morgan fingerprint density at radius 2 is 1.94 bits per heavy atom. The van der Waals surface area contributed by atoms with Crippen molar-refractivity contribution in [2.24, 2.45) is 17.6 Å². The van der Waals surface area contributed by atoms with Crippen LogP contribution in [-0.2, 0) is 9.53 Å². The van der Waals surface area contributed by atoms with Crippen molar-refractivity contribution in [1.29, 1.82) is 0 Å². The van der Waals surface area contributed by atoms with E-state index in [9.17, 15) is 9.90 Å². The van der Waals surface area contributed by atoms with Crippen molar-refractivity contribution < 1.29 is 14.6 Å². The maximum Gasteiger partial charge on any atom is 0.320 e. The standard InChI is InChI=1S/C12H19NO3/c13-6-10(14)16-12-4-8-1-9(5-12)3-11(15,2-8)7-12/h8-9,15H,1-7,13H2. The van der Waals surface area contributed by atoms with Crippen molar-refractivity contribution in [3.8, 4) is 0 Å². The Bertz CT molecular complexity index is 314. The minimum absolute atomic E-state index is 0.0600. The lowest BCUT2D eigenvalue weighted by atomic mass is 9.52. The SMILES string of the molecule is NCC(=O)OC12CC3CC(CC(O)(C3)C1)C2. The van der Waals surface area contributed by atoms with E-state index in [4.69, 9.17) is 10.5 Å². The monoisotopic (exact) mass is 225 g/mol. The molecule has 0 aromatic heterocycles. The summed E-state index contributed by atoms with van der Waals surface area (Å²) in [5.41, 5.74) is 4.33. The fourth-order valence-electron chi connectivity index (χ4n) is 4.53. The topological polar surface area (TPSA) is 72.6 Å². The molecule has 4 fully saturated rings. The minimum Gasteiger partial charge on any atom is -0.458 e. The predicted octanol–water partition coefficient (Wildman–Crippen LogP) is 0.572. The number of hydrogen-bond acceptors (Lipinski definition) is 4. The second-order valence-corrected chi connectivity index (χ2v) is 6.05. The second kappa shape index (κ2) is 3.20. The van der Waals surface area contributed by atoms with Crippen LogP contribution in [0.5, 0.6) is 0 Å². The molecule has 2 atom stereocenters. The molecular weight excluding hydrogens is 206 g/mol. The van der Waals surface area contributed by atoms with E-state index in [0.717, 1.165) is 25.7 Å². The molecule has 0 saturated heterocycles. The van der Waals surface area contributed by atoms with Crippen molar-refractivity contribution >= 4 is 5.97 Å². The number of carbonyl (C=O) groups excluding carboxylic acids is 1. The number of hydrogen-bond donors (Lipinski definition) is 2. The normalized spacial score (nSPS) is 49.4. The zero-order valence-electron chi connectivity index (χ0n) is 9.45. The molecule has 0 amide bonds. The van der Waals surface area contributed by atoms with E-state index in [1.54, 1.807) is 0 Å². The van der Waals surface area contributed by atoms with Crippen LogP contribution in [0.15, 0.2) is 0 Å².